The number of anilines is 3. The maximum absolute atomic E-state index is 12.4. The molecular weight excluding hydrogens is 354 g/mol. The summed E-state index contributed by atoms with van der Waals surface area (Å²) in [7, 11) is 0. The number of carbonyl (C=O) groups excluding carboxylic acids is 2. The van der Waals surface area contributed by atoms with Crippen LogP contribution in [0, 0.1) is 0 Å². The molecule has 6 nitrogen and oxygen atoms in total. The quantitative estimate of drug-likeness (QED) is 0.629. The van der Waals surface area contributed by atoms with Gasteiger partial charge in [-0.2, -0.15) is 0 Å². The Balaban J connectivity index is 1.61. The van der Waals surface area contributed by atoms with Crippen LogP contribution >= 0.6 is 0 Å². The van der Waals surface area contributed by atoms with Gasteiger partial charge in [0.2, 0.25) is 0 Å². The van der Waals surface area contributed by atoms with Gasteiger partial charge < -0.3 is 20.0 Å². The Morgan fingerprint density at radius 2 is 1.39 bits per heavy atom. The molecule has 0 radical (unpaired) electrons. The molecule has 0 bridgehead atoms. The van der Waals surface area contributed by atoms with E-state index in [1.165, 1.54) is 6.26 Å². The fourth-order valence-corrected chi connectivity index (χ4v) is 2.85. The van der Waals surface area contributed by atoms with Crippen molar-refractivity contribution in [3.63, 3.8) is 0 Å². The standard InChI is InChI=1S/C22H23N3O3/c1-3-25(4-2)19-13-11-18(12-14-19)23-21(26)16-7-9-17(10-8-16)24-22(27)20-6-5-15-28-20/h5-15H,3-4H2,1-2H3,(H,23,26)(H,24,27). The van der Waals surface area contributed by atoms with Crippen molar-refractivity contribution in [1.82, 2.24) is 0 Å². The lowest BCUT2D eigenvalue weighted by molar-refractivity contribution is 0.0995. The highest BCUT2D eigenvalue weighted by Gasteiger charge is 2.10. The maximum atomic E-state index is 12.4. The minimum atomic E-state index is -0.338. The molecular formula is C22H23N3O3. The Kier molecular flexibility index (Phi) is 6.11. The van der Waals surface area contributed by atoms with Gasteiger partial charge in [0.25, 0.3) is 11.8 Å². The molecule has 0 spiro atoms. The molecule has 2 aromatic carbocycles. The number of hydrogen-bond acceptors (Lipinski definition) is 4. The zero-order chi connectivity index (χ0) is 19.9. The van der Waals surface area contributed by atoms with Gasteiger partial charge in [0, 0.05) is 35.7 Å². The summed E-state index contributed by atoms with van der Waals surface area (Å²) in [5, 5.41) is 5.60. The van der Waals surface area contributed by atoms with Gasteiger partial charge in [-0.05, 0) is 74.5 Å². The first-order valence-electron chi connectivity index (χ1n) is 9.22. The van der Waals surface area contributed by atoms with E-state index in [1.54, 1.807) is 36.4 Å². The van der Waals surface area contributed by atoms with Crippen molar-refractivity contribution >= 4 is 28.9 Å². The van der Waals surface area contributed by atoms with Crippen molar-refractivity contribution in [1.29, 1.82) is 0 Å². The van der Waals surface area contributed by atoms with Gasteiger partial charge >= 0.3 is 0 Å². The van der Waals surface area contributed by atoms with E-state index in [2.05, 4.69) is 29.4 Å². The predicted octanol–water partition coefficient (Wildman–Crippen LogP) is 4.63. The maximum Gasteiger partial charge on any atom is 0.291 e. The summed E-state index contributed by atoms with van der Waals surface area (Å²) in [6, 6.07) is 17.7. The van der Waals surface area contributed by atoms with Crippen LogP contribution in [0.3, 0.4) is 0 Å². The summed E-state index contributed by atoms with van der Waals surface area (Å²) < 4.78 is 5.05. The molecule has 1 aromatic heterocycles. The smallest absolute Gasteiger partial charge is 0.291 e. The van der Waals surface area contributed by atoms with Crippen LogP contribution in [0.25, 0.3) is 0 Å². The number of benzene rings is 2. The molecule has 2 N–H and O–H groups in total. The number of amides is 2. The molecule has 0 aliphatic heterocycles. The Labute approximate surface area is 164 Å². The largest absolute Gasteiger partial charge is 0.459 e. The molecule has 144 valence electrons. The molecule has 0 aliphatic carbocycles. The summed E-state index contributed by atoms with van der Waals surface area (Å²) in [4.78, 5) is 26.6. The van der Waals surface area contributed by atoms with E-state index >= 15 is 0 Å². The highest BCUT2D eigenvalue weighted by molar-refractivity contribution is 6.05. The molecule has 28 heavy (non-hydrogen) atoms. The lowest BCUT2D eigenvalue weighted by atomic mass is 10.2. The predicted molar refractivity (Wildman–Crippen MR) is 111 cm³/mol. The summed E-state index contributed by atoms with van der Waals surface area (Å²) in [5.74, 6) is -0.315. The zero-order valence-corrected chi connectivity index (χ0v) is 15.9. The number of carbonyl (C=O) groups is 2. The zero-order valence-electron chi connectivity index (χ0n) is 15.9. The minimum Gasteiger partial charge on any atom is -0.459 e. The Bertz CT molecular complexity index is 913. The summed E-state index contributed by atoms with van der Waals surface area (Å²) in [6.07, 6.45) is 1.44. The first-order chi connectivity index (χ1) is 13.6. The minimum absolute atomic E-state index is 0.209. The van der Waals surface area contributed by atoms with Crippen molar-refractivity contribution < 1.29 is 14.0 Å². The molecule has 0 saturated carbocycles. The third-order valence-corrected chi connectivity index (χ3v) is 4.40. The second kappa shape index (κ2) is 8.90. The van der Waals surface area contributed by atoms with Crippen molar-refractivity contribution in [3.8, 4) is 0 Å². The average molecular weight is 377 g/mol. The second-order valence-corrected chi connectivity index (χ2v) is 6.18. The van der Waals surface area contributed by atoms with Crippen LogP contribution in [0.1, 0.15) is 34.8 Å². The van der Waals surface area contributed by atoms with Crippen LogP contribution in [0.4, 0.5) is 17.1 Å². The lowest BCUT2D eigenvalue weighted by Crippen LogP contribution is -2.21. The van der Waals surface area contributed by atoms with Crippen molar-refractivity contribution in [2.45, 2.75) is 13.8 Å². The van der Waals surface area contributed by atoms with Crippen molar-refractivity contribution in [2.75, 3.05) is 28.6 Å². The molecule has 3 rings (SSSR count). The van der Waals surface area contributed by atoms with E-state index in [4.69, 9.17) is 4.42 Å². The molecule has 3 aromatic rings. The molecule has 0 aliphatic rings. The first kappa shape index (κ1) is 19.2. The van der Waals surface area contributed by atoms with E-state index < -0.39 is 0 Å². The third kappa shape index (κ3) is 4.59. The molecule has 0 fully saturated rings. The first-order valence-corrected chi connectivity index (χ1v) is 9.22. The fraction of sp³-hybridized carbons (Fsp3) is 0.182. The molecule has 0 atom stereocenters. The molecule has 0 unspecified atom stereocenters. The van der Waals surface area contributed by atoms with Crippen LogP contribution in [0.2, 0.25) is 0 Å². The molecule has 0 saturated heterocycles. The van der Waals surface area contributed by atoms with E-state index in [-0.39, 0.29) is 17.6 Å². The third-order valence-electron chi connectivity index (χ3n) is 4.40. The van der Waals surface area contributed by atoms with Gasteiger partial charge in [0.15, 0.2) is 5.76 Å². The second-order valence-electron chi connectivity index (χ2n) is 6.18. The van der Waals surface area contributed by atoms with Crippen LogP contribution in [0.5, 0.6) is 0 Å². The van der Waals surface area contributed by atoms with Gasteiger partial charge in [0.1, 0.15) is 0 Å². The van der Waals surface area contributed by atoms with E-state index in [9.17, 15) is 9.59 Å². The van der Waals surface area contributed by atoms with Crippen LogP contribution in [0.15, 0.2) is 71.3 Å². The van der Waals surface area contributed by atoms with Gasteiger partial charge in [-0.3, -0.25) is 9.59 Å². The average Bonchev–Trinajstić information content (AvgIpc) is 3.26. The lowest BCUT2D eigenvalue weighted by Gasteiger charge is -2.21. The summed E-state index contributed by atoms with van der Waals surface area (Å²) in [5.41, 5.74) is 2.95. The van der Waals surface area contributed by atoms with Crippen LogP contribution in [-0.4, -0.2) is 24.9 Å². The van der Waals surface area contributed by atoms with Crippen LogP contribution < -0.4 is 15.5 Å². The fourth-order valence-electron chi connectivity index (χ4n) is 2.85. The Morgan fingerprint density at radius 3 is 1.93 bits per heavy atom. The summed E-state index contributed by atoms with van der Waals surface area (Å²) in [6.45, 7) is 6.09. The van der Waals surface area contributed by atoms with Crippen molar-refractivity contribution in [2.24, 2.45) is 0 Å². The molecule has 1 heterocycles. The number of rotatable bonds is 7. The number of nitrogens with zero attached hydrogens (tertiary/aromatic N) is 1. The Morgan fingerprint density at radius 1 is 0.821 bits per heavy atom. The van der Waals surface area contributed by atoms with E-state index in [0.29, 0.717) is 11.3 Å². The van der Waals surface area contributed by atoms with E-state index in [0.717, 1.165) is 24.5 Å². The topological polar surface area (TPSA) is 74.6 Å². The monoisotopic (exact) mass is 377 g/mol. The van der Waals surface area contributed by atoms with Gasteiger partial charge in [0.05, 0.1) is 6.26 Å². The SMILES string of the molecule is CCN(CC)c1ccc(NC(=O)c2ccc(NC(=O)c3ccco3)cc2)cc1. The number of hydrogen-bond donors (Lipinski definition) is 2. The molecule has 2 amide bonds. The highest BCUT2D eigenvalue weighted by atomic mass is 16.3. The van der Waals surface area contributed by atoms with Crippen LogP contribution in [-0.2, 0) is 0 Å². The van der Waals surface area contributed by atoms with Gasteiger partial charge in [-0.25, -0.2) is 0 Å². The van der Waals surface area contributed by atoms with Crippen molar-refractivity contribution in [3.05, 3.63) is 78.3 Å². The molecule has 6 heteroatoms. The number of furan rings is 1. The normalized spacial score (nSPS) is 10.4. The van der Waals surface area contributed by atoms with E-state index in [1.807, 2.05) is 24.3 Å². The van der Waals surface area contributed by atoms with Gasteiger partial charge in [-0.15, -0.1) is 0 Å². The Hall–Kier alpha value is -3.54. The number of nitrogens with one attached hydrogen (secondary N) is 2. The highest BCUT2D eigenvalue weighted by Crippen LogP contribution is 2.19. The summed E-state index contributed by atoms with van der Waals surface area (Å²) >= 11 is 0. The van der Waals surface area contributed by atoms with Gasteiger partial charge in [-0.1, -0.05) is 0 Å².